The molecule has 0 saturated heterocycles. The number of nitrogens with one attached hydrogen (secondary N) is 2. The molecule has 1 aromatic rings. The number of hydrogen-bond acceptors (Lipinski definition) is 3. The molecule has 1 fully saturated rings. The van der Waals surface area contributed by atoms with Gasteiger partial charge in [0.2, 0.25) is 5.91 Å². The van der Waals surface area contributed by atoms with Crippen molar-refractivity contribution in [1.29, 1.82) is 0 Å². The van der Waals surface area contributed by atoms with Gasteiger partial charge in [0.05, 0.1) is 5.92 Å². The Hall–Kier alpha value is -1.88. The first-order valence-corrected chi connectivity index (χ1v) is 7.42. The fourth-order valence-corrected chi connectivity index (χ4v) is 2.86. The van der Waals surface area contributed by atoms with Crippen molar-refractivity contribution < 1.29 is 9.59 Å². The average Bonchev–Trinajstić information content (AvgIpc) is 2.49. The maximum atomic E-state index is 12.4. The fraction of sp³-hybridized carbons (Fsp3) is 0.500. The normalized spacial score (nSPS) is 21.7. The summed E-state index contributed by atoms with van der Waals surface area (Å²) in [5.41, 5.74) is 8.07. The molecule has 1 aromatic carbocycles. The van der Waals surface area contributed by atoms with E-state index in [1.807, 2.05) is 13.0 Å². The van der Waals surface area contributed by atoms with Gasteiger partial charge in [-0.2, -0.15) is 0 Å². The van der Waals surface area contributed by atoms with E-state index in [-0.39, 0.29) is 23.8 Å². The van der Waals surface area contributed by atoms with Gasteiger partial charge in [-0.25, -0.2) is 0 Å². The molecule has 5 nitrogen and oxygen atoms in total. The van der Waals surface area contributed by atoms with Crippen LogP contribution in [0.2, 0.25) is 0 Å². The highest BCUT2D eigenvalue weighted by molar-refractivity contribution is 5.99. The van der Waals surface area contributed by atoms with E-state index in [1.54, 1.807) is 19.2 Å². The first-order valence-electron chi connectivity index (χ1n) is 7.42. The summed E-state index contributed by atoms with van der Waals surface area (Å²) in [7, 11) is 1.59. The van der Waals surface area contributed by atoms with Crippen LogP contribution in [0.25, 0.3) is 0 Å². The Kier molecular flexibility index (Phi) is 4.96. The summed E-state index contributed by atoms with van der Waals surface area (Å²) in [5, 5.41) is 5.53. The van der Waals surface area contributed by atoms with Crippen molar-refractivity contribution in [1.82, 2.24) is 5.32 Å². The zero-order chi connectivity index (χ0) is 15.4. The maximum absolute atomic E-state index is 12.4. The molecular weight excluding hydrogens is 266 g/mol. The summed E-state index contributed by atoms with van der Waals surface area (Å²) in [6.07, 6.45) is 3.87. The SMILES string of the molecule is CNC(=O)c1cccc(NC(=O)C2CCCCC2N)c1C. The largest absolute Gasteiger partial charge is 0.355 e. The first-order chi connectivity index (χ1) is 10.0. The molecule has 2 atom stereocenters. The van der Waals surface area contributed by atoms with Crippen LogP contribution in [0.15, 0.2) is 18.2 Å². The summed E-state index contributed by atoms with van der Waals surface area (Å²) in [4.78, 5) is 24.2. The summed E-state index contributed by atoms with van der Waals surface area (Å²) in [6, 6.07) is 5.26. The van der Waals surface area contributed by atoms with Gasteiger partial charge in [-0.1, -0.05) is 18.9 Å². The van der Waals surface area contributed by atoms with Gasteiger partial charge in [0.15, 0.2) is 0 Å². The summed E-state index contributed by atoms with van der Waals surface area (Å²) in [5.74, 6) is -0.334. The molecule has 0 radical (unpaired) electrons. The number of benzene rings is 1. The number of anilines is 1. The third kappa shape index (κ3) is 3.42. The molecule has 21 heavy (non-hydrogen) atoms. The highest BCUT2D eigenvalue weighted by atomic mass is 16.2. The molecule has 1 aliphatic rings. The van der Waals surface area contributed by atoms with Crippen molar-refractivity contribution in [2.24, 2.45) is 11.7 Å². The molecule has 1 aliphatic carbocycles. The van der Waals surface area contributed by atoms with Gasteiger partial charge in [-0.05, 0) is 37.5 Å². The van der Waals surface area contributed by atoms with E-state index in [0.717, 1.165) is 31.2 Å². The molecule has 0 aromatic heterocycles. The standard InChI is InChI=1S/C16H23N3O2/c1-10-11(15(20)18-2)7-5-9-14(10)19-16(21)12-6-3-4-8-13(12)17/h5,7,9,12-13H,3-4,6,8,17H2,1-2H3,(H,18,20)(H,19,21). The van der Waals surface area contributed by atoms with Crippen LogP contribution in [-0.2, 0) is 4.79 Å². The lowest BCUT2D eigenvalue weighted by molar-refractivity contribution is -0.121. The van der Waals surface area contributed by atoms with Gasteiger partial charge >= 0.3 is 0 Å². The molecule has 2 rings (SSSR count). The Bertz CT molecular complexity index is 542. The van der Waals surface area contributed by atoms with Gasteiger partial charge in [0.1, 0.15) is 0 Å². The Morgan fingerprint density at radius 1 is 1.24 bits per heavy atom. The van der Waals surface area contributed by atoms with Crippen LogP contribution in [0.3, 0.4) is 0 Å². The van der Waals surface area contributed by atoms with Gasteiger partial charge < -0.3 is 16.4 Å². The van der Waals surface area contributed by atoms with Gasteiger partial charge in [0.25, 0.3) is 5.91 Å². The minimum absolute atomic E-state index is 0.0423. The molecule has 0 bridgehead atoms. The monoisotopic (exact) mass is 289 g/mol. The van der Waals surface area contributed by atoms with Crippen LogP contribution in [0, 0.1) is 12.8 Å². The van der Waals surface area contributed by atoms with Crippen LogP contribution in [0.5, 0.6) is 0 Å². The molecular formula is C16H23N3O2. The van der Waals surface area contributed by atoms with Gasteiger partial charge in [0, 0.05) is 24.3 Å². The predicted octanol–water partition coefficient (Wildman–Crippen LogP) is 1.81. The number of carbonyl (C=O) groups excluding carboxylic acids is 2. The fourth-order valence-electron chi connectivity index (χ4n) is 2.86. The summed E-state index contributed by atoms with van der Waals surface area (Å²) < 4.78 is 0. The predicted molar refractivity (Wildman–Crippen MR) is 83.1 cm³/mol. The highest BCUT2D eigenvalue weighted by Crippen LogP contribution is 2.26. The van der Waals surface area contributed by atoms with Crippen molar-refractivity contribution in [2.75, 3.05) is 12.4 Å². The van der Waals surface area contributed by atoms with Gasteiger partial charge in [-0.3, -0.25) is 9.59 Å². The lowest BCUT2D eigenvalue weighted by atomic mass is 9.84. The number of amides is 2. The second kappa shape index (κ2) is 6.72. The van der Waals surface area contributed by atoms with Crippen LogP contribution >= 0.6 is 0 Å². The molecule has 1 saturated carbocycles. The molecule has 114 valence electrons. The quantitative estimate of drug-likeness (QED) is 0.793. The Morgan fingerprint density at radius 2 is 1.95 bits per heavy atom. The Morgan fingerprint density at radius 3 is 2.62 bits per heavy atom. The lowest BCUT2D eigenvalue weighted by Crippen LogP contribution is -2.40. The third-order valence-corrected chi connectivity index (χ3v) is 4.22. The van der Waals surface area contributed by atoms with E-state index in [1.165, 1.54) is 0 Å². The number of rotatable bonds is 3. The van der Waals surface area contributed by atoms with Crippen LogP contribution in [0.1, 0.15) is 41.6 Å². The minimum atomic E-state index is -0.155. The topological polar surface area (TPSA) is 84.2 Å². The molecule has 2 amide bonds. The number of nitrogens with two attached hydrogens (primary N) is 1. The van der Waals surface area contributed by atoms with E-state index >= 15 is 0 Å². The maximum Gasteiger partial charge on any atom is 0.251 e. The van der Waals surface area contributed by atoms with Crippen molar-refractivity contribution in [3.8, 4) is 0 Å². The number of carbonyl (C=O) groups is 2. The summed E-state index contributed by atoms with van der Waals surface area (Å²) in [6.45, 7) is 1.83. The van der Waals surface area contributed by atoms with Crippen molar-refractivity contribution >= 4 is 17.5 Å². The minimum Gasteiger partial charge on any atom is -0.355 e. The Labute approximate surface area is 125 Å². The van der Waals surface area contributed by atoms with Crippen molar-refractivity contribution in [3.05, 3.63) is 29.3 Å². The van der Waals surface area contributed by atoms with E-state index in [9.17, 15) is 9.59 Å². The van der Waals surface area contributed by atoms with Gasteiger partial charge in [-0.15, -0.1) is 0 Å². The van der Waals surface area contributed by atoms with E-state index in [0.29, 0.717) is 11.3 Å². The van der Waals surface area contributed by atoms with Crippen molar-refractivity contribution in [2.45, 2.75) is 38.6 Å². The smallest absolute Gasteiger partial charge is 0.251 e. The second-order valence-electron chi connectivity index (χ2n) is 5.60. The molecule has 2 unspecified atom stereocenters. The summed E-state index contributed by atoms with van der Waals surface area (Å²) >= 11 is 0. The molecule has 0 heterocycles. The van der Waals surface area contributed by atoms with Crippen molar-refractivity contribution in [3.63, 3.8) is 0 Å². The third-order valence-electron chi connectivity index (χ3n) is 4.22. The van der Waals surface area contributed by atoms with E-state index < -0.39 is 0 Å². The zero-order valence-electron chi connectivity index (χ0n) is 12.6. The highest BCUT2D eigenvalue weighted by Gasteiger charge is 2.28. The average molecular weight is 289 g/mol. The van der Waals surface area contributed by atoms with Crippen LogP contribution in [0.4, 0.5) is 5.69 Å². The number of hydrogen-bond donors (Lipinski definition) is 3. The van der Waals surface area contributed by atoms with Crippen LogP contribution in [-0.4, -0.2) is 24.9 Å². The Balaban J connectivity index is 2.16. The van der Waals surface area contributed by atoms with Crippen LogP contribution < -0.4 is 16.4 Å². The molecule has 0 spiro atoms. The first kappa shape index (κ1) is 15.5. The zero-order valence-corrected chi connectivity index (χ0v) is 12.6. The molecule has 4 N–H and O–H groups in total. The van der Waals surface area contributed by atoms with E-state index in [2.05, 4.69) is 10.6 Å². The lowest BCUT2D eigenvalue weighted by Gasteiger charge is -2.27. The second-order valence-corrected chi connectivity index (χ2v) is 5.60. The molecule has 5 heteroatoms. The van der Waals surface area contributed by atoms with E-state index in [4.69, 9.17) is 5.73 Å². The molecule has 0 aliphatic heterocycles.